The fourth-order valence-electron chi connectivity index (χ4n) is 3.15. The maximum Gasteiger partial charge on any atom is 0.257 e. The number of hydrogen-bond donors (Lipinski definition) is 2. The van der Waals surface area contributed by atoms with E-state index < -0.39 is 0 Å². The summed E-state index contributed by atoms with van der Waals surface area (Å²) in [7, 11) is 0. The zero-order valence-corrected chi connectivity index (χ0v) is 20.8. The molecule has 0 radical (unpaired) electrons. The van der Waals surface area contributed by atoms with Crippen LogP contribution in [-0.2, 0) is 17.8 Å². The van der Waals surface area contributed by atoms with E-state index in [0.29, 0.717) is 33.1 Å². The molecule has 0 atom stereocenters. The monoisotopic (exact) mass is 519 g/mol. The van der Waals surface area contributed by atoms with E-state index in [-0.39, 0.29) is 18.2 Å². The van der Waals surface area contributed by atoms with Gasteiger partial charge in [-0.1, -0.05) is 59.3 Å². The molecule has 0 aliphatic carbocycles. The van der Waals surface area contributed by atoms with Crippen LogP contribution < -0.4 is 15.5 Å². The van der Waals surface area contributed by atoms with Crippen LogP contribution in [0.1, 0.15) is 32.1 Å². The first kappa shape index (κ1) is 25.0. The molecule has 2 N–H and O–H groups in total. The van der Waals surface area contributed by atoms with Crippen LogP contribution in [-0.4, -0.2) is 28.2 Å². The van der Waals surface area contributed by atoms with Gasteiger partial charge in [-0.3, -0.25) is 14.9 Å². The summed E-state index contributed by atoms with van der Waals surface area (Å²) in [6.45, 7) is 2.22. The standard InChI is InChI=1S/C26H22ClN5O3S/c1-17-6-2-4-8-21(17)25(34)29-26-32-31-24(36-26)14-23(33)30-28-15-18-10-12-20(13-11-18)35-16-19-7-3-5-9-22(19)27/h2-13,15H,14,16H2,1H3,(H,30,33)(H,29,32,34)/b28-15-. The number of halogens is 1. The molecule has 0 unspecified atom stereocenters. The van der Waals surface area contributed by atoms with Gasteiger partial charge in [0.1, 0.15) is 17.4 Å². The number of benzene rings is 3. The molecular weight excluding hydrogens is 498 g/mol. The smallest absolute Gasteiger partial charge is 0.257 e. The van der Waals surface area contributed by atoms with Gasteiger partial charge in [0.05, 0.1) is 12.6 Å². The second-order valence-corrected chi connectivity index (χ2v) is 9.16. The molecule has 0 aliphatic rings. The highest BCUT2D eigenvalue weighted by Crippen LogP contribution is 2.19. The van der Waals surface area contributed by atoms with E-state index in [1.54, 1.807) is 12.1 Å². The Morgan fingerprint density at radius 3 is 2.56 bits per heavy atom. The van der Waals surface area contributed by atoms with E-state index in [9.17, 15) is 9.59 Å². The third kappa shape index (κ3) is 6.97. The summed E-state index contributed by atoms with van der Waals surface area (Å²) in [5.74, 6) is 0.0710. The Bertz CT molecular complexity index is 1390. The largest absolute Gasteiger partial charge is 0.489 e. The minimum absolute atomic E-state index is 0.00986. The summed E-state index contributed by atoms with van der Waals surface area (Å²) in [6, 6.07) is 22.0. The summed E-state index contributed by atoms with van der Waals surface area (Å²) in [6.07, 6.45) is 1.52. The number of aryl methyl sites for hydroxylation is 1. The first-order valence-corrected chi connectivity index (χ1v) is 12.1. The van der Waals surface area contributed by atoms with Crippen molar-refractivity contribution in [1.29, 1.82) is 0 Å². The van der Waals surface area contributed by atoms with Crippen LogP contribution in [0.15, 0.2) is 77.9 Å². The number of aromatic nitrogens is 2. The van der Waals surface area contributed by atoms with Gasteiger partial charge in [0.25, 0.3) is 5.91 Å². The first-order chi connectivity index (χ1) is 17.5. The second kappa shape index (κ2) is 12.1. The quantitative estimate of drug-likeness (QED) is 0.238. The van der Waals surface area contributed by atoms with Gasteiger partial charge in [0, 0.05) is 16.1 Å². The molecular formula is C26H22ClN5O3S. The van der Waals surface area contributed by atoms with Crippen molar-refractivity contribution >= 4 is 46.1 Å². The average molecular weight is 520 g/mol. The zero-order chi connectivity index (χ0) is 25.3. The van der Waals surface area contributed by atoms with E-state index in [4.69, 9.17) is 16.3 Å². The van der Waals surface area contributed by atoms with Crippen molar-refractivity contribution in [2.75, 3.05) is 5.32 Å². The highest BCUT2D eigenvalue weighted by molar-refractivity contribution is 7.15. The molecule has 4 aromatic rings. The minimum Gasteiger partial charge on any atom is -0.489 e. The number of amides is 2. The number of nitrogens with zero attached hydrogens (tertiary/aromatic N) is 3. The molecule has 0 saturated carbocycles. The van der Waals surface area contributed by atoms with Crippen molar-refractivity contribution in [1.82, 2.24) is 15.6 Å². The van der Waals surface area contributed by atoms with Crippen LogP contribution in [0.5, 0.6) is 5.75 Å². The third-order valence-electron chi connectivity index (χ3n) is 5.02. The Morgan fingerprint density at radius 1 is 1.03 bits per heavy atom. The predicted octanol–water partition coefficient (Wildman–Crippen LogP) is 5.02. The summed E-state index contributed by atoms with van der Waals surface area (Å²) in [5.41, 5.74) is 5.58. The van der Waals surface area contributed by atoms with Crippen molar-refractivity contribution in [3.8, 4) is 5.75 Å². The molecule has 1 heterocycles. The summed E-state index contributed by atoms with van der Waals surface area (Å²) in [4.78, 5) is 24.6. The number of hydrazone groups is 1. The van der Waals surface area contributed by atoms with Gasteiger partial charge >= 0.3 is 0 Å². The number of carbonyl (C=O) groups is 2. The molecule has 182 valence electrons. The molecule has 0 aliphatic heterocycles. The fourth-order valence-corrected chi connectivity index (χ4v) is 4.07. The van der Waals surface area contributed by atoms with Gasteiger partial charge in [0.2, 0.25) is 11.0 Å². The predicted molar refractivity (Wildman–Crippen MR) is 141 cm³/mol. The maximum atomic E-state index is 12.4. The van der Waals surface area contributed by atoms with Gasteiger partial charge in [-0.15, -0.1) is 10.2 Å². The summed E-state index contributed by atoms with van der Waals surface area (Å²) < 4.78 is 5.76. The molecule has 0 fully saturated rings. The molecule has 0 spiro atoms. The summed E-state index contributed by atoms with van der Waals surface area (Å²) >= 11 is 7.28. The Hall–Kier alpha value is -4.08. The van der Waals surface area contributed by atoms with Crippen molar-refractivity contribution in [2.45, 2.75) is 20.0 Å². The average Bonchev–Trinajstić information content (AvgIpc) is 3.31. The third-order valence-corrected chi connectivity index (χ3v) is 6.23. The van der Waals surface area contributed by atoms with Crippen LogP contribution in [0.2, 0.25) is 5.02 Å². The lowest BCUT2D eigenvalue weighted by Gasteiger charge is -2.07. The molecule has 1 aromatic heterocycles. The fraction of sp³-hybridized carbons (Fsp3) is 0.115. The highest BCUT2D eigenvalue weighted by Gasteiger charge is 2.13. The number of nitrogens with one attached hydrogen (secondary N) is 2. The van der Waals surface area contributed by atoms with Gasteiger partial charge in [0.15, 0.2) is 0 Å². The summed E-state index contributed by atoms with van der Waals surface area (Å²) in [5, 5.41) is 16.0. The van der Waals surface area contributed by atoms with E-state index in [1.807, 2.05) is 67.6 Å². The van der Waals surface area contributed by atoms with Crippen molar-refractivity contribution in [2.24, 2.45) is 5.10 Å². The van der Waals surface area contributed by atoms with Crippen molar-refractivity contribution in [3.63, 3.8) is 0 Å². The van der Waals surface area contributed by atoms with Crippen LogP contribution in [0.4, 0.5) is 5.13 Å². The van der Waals surface area contributed by atoms with Gasteiger partial charge < -0.3 is 4.74 Å². The Morgan fingerprint density at radius 2 is 1.78 bits per heavy atom. The Kier molecular flexibility index (Phi) is 8.38. The topological polar surface area (TPSA) is 106 Å². The van der Waals surface area contributed by atoms with E-state index in [1.165, 1.54) is 6.21 Å². The Labute approximate surface area is 217 Å². The normalized spacial score (nSPS) is 10.8. The van der Waals surface area contributed by atoms with E-state index in [2.05, 4.69) is 26.0 Å². The number of hydrogen-bond acceptors (Lipinski definition) is 7. The molecule has 2 amide bonds. The lowest BCUT2D eigenvalue weighted by molar-refractivity contribution is -0.120. The molecule has 4 rings (SSSR count). The van der Waals surface area contributed by atoms with Crippen molar-refractivity contribution in [3.05, 3.63) is 105 Å². The highest BCUT2D eigenvalue weighted by atomic mass is 35.5. The first-order valence-electron chi connectivity index (χ1n) is 11.0. The van der Waals surface area contributed by atoms with E-state index in [0.717, 1.165) is 28.0 Å². The van der Waals surface area contributed by atoms with Crippen LogP contribution >= 0.6 is 22.9 Å². The van der Waals surface area contributed by atoms with Gasteiger partial charge in [-0.05, 0) is 54.4 Å². The SMILES string of the molecule is Cc1ccccc1C(=O)Nc1nnc(CC(=O)N/N=C\c2ccc(OCc3ccccc3Cl)cc2)s1. The zero-order valence-electron chi connectivity index (χ0n) is 19.3. The lowest BCUT2D eigenvalue weighted by atomic mass is 10.1. The lowest BCUT2D eigenvalue weighted by Crippen LogP contribution is -2.19. The molecule has 10 heteroatoms. The van der Waals surface area contributed by atoms with Crippen molar-refractivity contribution < 1.29 is 14.3 Å². The van der Waals surface area contributed by atoms with Gasteiger partial charge in [-0.25, -0.2) is 5.43 Å². The molecule has 0 bridgehead atoms. The molecule has 8 nitrogen and oxygen atoms in total. The maximum absolute atomic E-state index is 12.4. The van der Waals surface area contributed by atoms with Gasteiger partial charge in [-0.2, -0.15) is 5.10 Å². The molecule has 36 heavy (non-hydrogen) atoms. The van der Waals surface area contributed by atoms with E-state index >= 15 is 0 Å². The number of rotatable bonds is 9. The number of carbonyl (C=O) groups excluding carboxylic acids is 2. The number of anilines is 1. The Balaban J connectivity index is 1.23. The molecule has 0 saturated heterocycles. The minimum atomic E-state index is -0.348. The number of ether oxygens (including phenoxy) is 1. The second-order valence-electron chi connectivity index (χ2n) is 7.69. The van der Waals surface area contributed by atoms with Crippen LogP contribution in [0, 0.1) is 6.92 Å². The van der Waals surface area contributed by atoms with Crippen LogP contribution in [0.25, 0.3) is 0 Å². The molecule has 3 aromatic carbocycles. The van der Waals surface area contributed by atoms with Crippen LogP contribution in [0.3, 0.4) is 0 Å².